The molecular formula is C17H17N3O4. The maximum Gasteiger partial charge on any atom is 0.419 e. The van der Waals surface area contributed by atoms with Crippen LogP contribution in [0.2, 0.25) is 0 Å². The van der Waals surface area contributed by atoms with Crippen LogP contribution in [0.15, 0.2) is 51.7 Å². The number of methoxy groups -OCH3 is 1. The molecule has 0 atom stereocenters. The molecule has 0 aliphatic rings. The molecule has 3 rings (SSSR count). The van der Waals surface area contributed by atoms with Gasteiger partial charge in [-0.15, -0.1) is 0 Å². The fourth-order valence-electron chi connectivity index (χ4n) is 2.31. The summed E-state index contributed by atoms with van der Waals surface area (Å²) in [5, 5.41) is 5.47. The van der Waals surface area contributed by atoms with Crippen molar-refractivity contribution in [1.29, 1.82) is 0 Å². The lowest BCUT2D eigenvalue weighted by Crippen LogP contribution is -2.28. The number of ether oxygens (including phenoxy) is 1. The molecule has 0 fully saturated rings. The van der Waals surface area contributed by atoms with Crippen LogP contribution in [0.5, 0.6) is 5.75 Å². The minimum Gasteiger partial charge on any atom is -0.497 e. The topological polar surface area (TPSA) is 85.5 Å². The van der Waals surface area contributed by atoms with E-state index in [1.807, 2.05) is 24.3 Å². The normalized spacial score (nSPS) is 10.6. The minimum absolute atomic E-state index is 0.344. The Morgan fingerprint density at radius 1 is 1.21 bits per heavy atom. The highest BCUT2D eigenvalue weighted by molar-refractivity contribution is 5.91. The zero-order valence-electron chi connectivity index (χ0n) is 13.3. The van der Waals surface area contributed by atoms with Crippen molar-refractivity contribution in [3.8, 4) is 5.75 Å². The van der Waals surface area contributed by atoms with Crippen LogP contribution in [0, 0.1) is 0 Å². The minimum atomic E-state index is -0.439. The van der Waals surface area contributed by atoms with Crippen molar-refractivity contribution in [2.24, 2.45) is 7.05 Å². The van der Waals surface area contributed by atoms with Crippen molar-refractivity contribution >= 4 is 22.8 Å². The molecule has 2 aromatic carbocycles. The number of urea groups is 1. The summed E-state index contributed by atoms with van der Waals surface area (Å²) in [6.45, 7) is 0.387. The largest absolute Gasteiger partial charge is 0.497 e. The monoisotopic (exact) mass is 327 g/mol. The summed E-state index contributed by atoms with van der Waals surface area (Å²) in [7, 11) is 3.23. The number of nitrogens with one attached hydrogen (secondary N) is 2. The maximum absolute atomic E-state index is 12.0. The van der Waals surface area contributed by atoms with Gasteiger partial charge in [0.15, 0.2) is 5.58 Å². The molecular weight excluding hydrogens is 310 g/mol. The fraction of sp³-hybridized carbons (Fsp3) is 0.176. The van der Waals surface area contributed by atoms with Gasteiger partial charge in [0.2, 0.25) is 0 Å². The number of carbonyl (C=O) groups excluding carboxylic acids is 1. The molecule has 24 heavy (non-hydrogen) atoms. The van der Waals surface area contributed by atoms with Gasteiger partial charge in [-0.05, 0) is 29.8 Å². The number of aryl methyl sites for hydroxylation is 1. The lowest BCUT2D eigenvalue weighted by Gasteiger charge is -2.08. The molecule has 124 valence electrons. The molecule has 0 radical (unpaired) electrons. The van der Waals surface area contributed by atoms with Crippen molar-refractivity contribution in [2.45, 2.75) is 6.54 Å². The number of rotatable bonds is 4. The molecule has 3 aromatic rings. The molecule has 2 N–H and O–H groups in total. The predicted octanol–water partition coefficient (Wildman–Crippen LogP) is 2.46. The molecule has 0 bridgehead atoms. The second-order valence-electron chi connectivity index (χ2n) is 5.27. The summed E-state index contributed by atoms with van der Waals surface area (Å²) in [6, 6.07) is 12.1. The zero-order chi connectivity index (χ0) is 17.1. The third kappa shape index (κ3) is 3.24. The Labute approximate surface area is 137 Å². The predicted molar refractivity (Wildman–Crippen MR) is 90.3 cm³/mol. The second kappa shape index (κ2) is 6.49. The third-order valence-corrected chi connectivity index (χ3v) is 3.66. The van der Waals surface area contributed by atoms with Gasteiger partial charge in [-0.3, -0.25) is 4.57 Å². The van der Waals surface area contributed by atoms with Crippen molar-refractivity contribution < 1.29 is 13.9 Å². The van der Waals surface area contributed by atoms with Gasteiger partial charge in [0.25, 0.3) is 0 Å². The van der Waals surface area contributed by atoms with Gasteiger partial charge >= 0.3 is 11.8 Å². The number of hydrogen-bond donors (Lipinski definition) is 2. The van der Waals surface area contributed by atoms with Crippen molar-refractivity contribution in [3.63, 3.8) is 0 Å². The van der Waals surface area contributed by atoms with Crippen LogP contribution in [0.4, 0.5) is 10.5 Å². The fourth-order valence-corrected chi connectivity index (χ4v) is 2.31. The first-order chi connectivity index (χ1) is 11.6. The Morgan fingerprint density at radius 3 is 2.67 bits per heavy atom. The first-order valence-electron chi connectivity index (χ1n) is 7.34. The summed E-state index contributed by atoms with van der Waals surface area (Å²) in [6.07, 6.45) is 0. The van der Waals surface area contributed by atoms with Crippen LogP contribution >= 0.6 is 0 Å². The van der Waals surface area contributed by atoms with E-state index in [1.54, 1.807) is 32.4 Å². The highest BCUT2D eigenvalue weighted by atomic mass is 16.5. The quantitative estimate of drug-likeness (QED) is 0.771. The summed E-state index contributed by atoms with van der Waals surface area (Å²) < 4.78 is 11.6. The van der Waals surface area contributed by atoms with Crippen molar-refractivity contribution in [1.82, 2.24) is 9.88 Å². The summed E-state index contributed by atoms with van der Waals surface area (Å²) >= 11 is 0. The molecule has 0 unspecified atom stereocenters. The highest BCUT2D eigenvalue weighted by Gasteiger charge is 2.08. The maximum atomic E-state index is 12.0. The first kappa shape index (κ1) is 15.7. The van der Waals surface area contributed by atoms with Crippen molar-refractivity contribution in [3.05, 3.63) is 58.6 Å². The molecule has 2 amide bonds. The second-order valence-corrected chi connectivity index (χ2v) is 5.27. The van der Waals surface area contributed by atoms with Crippen LogP contribution in [-0.2, 0) is 13.6 Å². The molecule has 1 aromatic heterocycles. The van der Waals surface area contributed by atoms with E-state index in [9.17, 15) is 9.59 Å². The van der Waals surface area contributed by atoms with Gasteiger partial charge in [-0.25, -0.2) is 9.59 Å². The van der Waals surface area contributed by atoms with E-state index in [4.69, 9.17) is 9.15 Å². The van der Waals surface area contributed by atoms with Gasteiger partial charge in [0.1, 0.15) is 5.75 Å². The molecule has 0 spiro atoms. The summed E-state index contributed by atoms with van der Waals surface area (Å²) in [5.41, 5.74) is 2.60. The highest BCUT2D eigenvalue weighted by Crippen LogP contribution is 2.17. The van der Waals surface area contributed by atoms with Gasteiger partial charge < -0.3 is 19.8 Å². The Hall–Kier alpha value is -3.22. The molecule has 1 heterocycles. The Kier molecular flexibility index (Phi) is 4.24. The van der Waals surface area contributed by atoms with E-state index in [1.165, 1.54) is 4.57 Å². The third-order valence-electron chi connectivity index (χ3n) is 3.66. The smallest absolute Gasteiger partial charge is 0.419 e. The Morgan fingerprint density at radius 2 is 1.96 bits per heavy atom. The lowest BCUT2D eigenvalue weighted by atomic mass is 10.2. The first-order valence-corrected chi connectivity index (χ1v) is 7.34. The standard InChI is InChI=1S/C17H17N3O4/c1-20-14-8-5-12(9-15(14)24-17(20)22)19-16(21)18-10-11-3-6-13(23-2)7-4-11/h3-9H,10H2,1-2H3,(H2,18,19,21). The molecule has 0 aliphatic heterocycles. The molecule has 7 nitrogen and oxygen atoms in total. The number of benzene rings is 2. The van der Waals surface area contributed by atoms with Crippen LogP contribution < -0.4 is 21.1 Å². The van der Waals surface area contributed by atoms with Crippen molar-refractivity contribution in [2.75, 3.05) is 12.4 Å². The summed E-state index contributed by atoms with van der Waals surface area (Å²) in [4.78, 5) is 23.4. The van der Waals surface area contributed by atoms with Crippen LogP contribution in [0.25, 0.3) is 11.1 Å². The average molecular weight is 327 g/mol. The van der Waals surface area contributed by atoms with E-state index in [-0.39, 0.29) is 6.03 Å². The number of amides is 2. The summed E-state index contributed by atoms with van der Waals surface area (Å²) in [5.74, 6) is 0.326. The van der Waals surface area contributed by atoms with Gasteiger partial charge in [-0.2, -0.15) is 0 Å². The SMILES string of the molecule is COc1ccc(CNC(=O)Nc2ccc3c(c2)oc(=O)n3C)cc1. The Bertz CT molecular complexity index is 925. The zero-order valence-corrected chi connectivity index (χ0v) is 13.3. The number of aromatic nitrogens is 1. The van der Waals surface area contributed by atoms with E-state index in [0.717, 1.165) is 11.3 Å². The number of oxazole rings is 1. The van der Waals surface area contributed by atoms with Crippen LogP contribution in [-0.4, -0.2) is 17.7 Å². The van der Waals surface area contributed by atoms with E-state index in [0.29, 0.717) is 23.3 Å². The lowest BCUT2D eigenvalue weighted by molar-refractivity contribution is 0.251. The van der Waals surface area contributed by atoms with E-state index in [2.05, 4.69) is 10.6 Å². The van der Waals surface area contributed by atoms with E-state index >= 15 is 0 Å². The number of carbonyl (C=O) groups is 1. The molecule has 0 saturated heterocycles. The number of fused-ring (bicyclic) bond motifs is 1. The average Bonchev–Trinajstić information content (AvgIpc) is 2.87. The molecule has 0 aliphatic carbocycles. The van der Waals surface area contributed by atoms with Gasteiger partial charge in [-0.1, -0.05) is 12.1 Å². The number of nitrogens with zero attached hydrogens (tertiary/aromatic N) is 1. The van der Waals surface area contributed by atoms with Gasteiger partial charge in [0, 0.05) is 25.3 Å². The molecule has 0 saturated carbocycles. The van der Waals surface area contributed by atoms with Crippen LogP contribution in [0.1, 0.15) is 5.56 Å². The Balaban J connectivity index is 1.62. The van der Waals surface area contributed by atoms with Crippen LogP contribution in [0.3, 0.4) is 0 Å². The molecule has 7 heteroatoms. The number of hydrogen-bond acceptors (Lipinski definition) is 4. The van der Waals surface area contributed by atoms with Gasteiger partial charge in [0.05, 0.1) is 12.6 Å². The van der Waals surface area contributed by atoms with E-state index < -0.39 is 5.76 Å². The number of anilines is 1.